The number of ether oxygens (including phenoxy) is 1. The molecular formula is C23H22ClN3O5S. The van der Waals surface area contributed by atoms with E-state index in [-0.39, 0.29) is 16.3 Å². The number of amides is 1. The summed E-state index contributed by atoms with van der Waals surface area (Å²) in [4.78, 5) is 12.5. The average molecular weight is 488 g/mol. The van der Waals surface area contributed by atoms with Crippen molar-refractivity contribution in [2.24, 2.45) is 5.10 Å². The number of hydrazone groups is 1. The fourth-order valence-electron chi connectivity index (χ4n) is 2.86. The molecule has 0 heterocycles. The molecule has 8 nitrogen and oxygen atoms in total. The standard InChI is InChI=1S/C23H22ClN3O5S/c1-2-32-20-11-9-19(10-12-20)27(33(30,31)21-13-7-18(24)8-14-21)16-23(29)26-25-15-17-5-3-4-6-22(17)28/h3-15,28H,2,16H2,1H3,(H,26,29)/b25-15-. The number of anilines is 1. The summed E-state index contributed by atoms with van der Waals surface area (Å²) in [5, 5.41) is 14.0. The molecule has 0 radical (unpaired) electrons. The highest BCUT2D eigenvalue weighted by molar-refractivity contribution is 7.92. The van der Waals surface area contributed by atoms with Crippen molar-refractivity contribution in [2.75, 3.05) is 17.5 Å². The van der Waals surface area contributed by atoms with Gasteiger partial charge in [0, 0.05) is 10.6 Å². The lowest BCUT2D eigenvalue weighted by molar-refractivity contribution is -0.119. The maximum Gasteiger partial charge on any atom is 0.264 e. The zero-order chi connectivity index (χ0) is 23.8. The lowest BCUT2D eigenvalue weighted by Gasteiger charge is -2.24. The molecule has 2 N–H and O–H groups in total. The predicted octanol–water partition coefficient (Wildman–Crippen LogP) is 3.79. The number of nitrogens with zero attached hydrogens (tertiary/aromatic N) is 2. The molecular weight excluding hydrogens is 466 g/mol. The molecule has 10 heteroatoms. The van der Waals surface area contributed by atoms with Crippen molar-refractivity contribution in [3.63, 3.8) is 0 Å². The lowest BCUT2D eigenvalue weighted by atomic mass is 10.2. The summed E-state index contributed by atoms with van der Waals surface area (Å²) < 4.78 is 33.0. The second-order valence-corrected chi connectivity index (χ2v) is 9.04. The first-order valence-corrected chi connectivity index (χ1v) is 11.7. The van der Waals surface area contributed by atoms with Crippen LogP contribution in [0.4, 0.5) is 5.69 Å². The van der Waals surface area contributed by atoms with Crippen LogP contribution in [0, 0.1) is 0 Å². The van der Waals surface area contributed by atoms with Gasteiger partial charge in [-0.2, -0.15) is 5.10 Å². The summed E-state index contributed by atoms with van der Waals surface area (Å²) in [5.74, 6) is -0.105. The Morgan fingerprint density at radius 1 is 1.09 bits per heavy atom. The number of carbonyl (C=O) groups excluding carboxylic acids is 1. The highest BCUT2D eigenvalue weighted by Crippen LogP contribution is 2.26. The van der Waals surface area contributed by atoms with Crippen LogP contribution < -0.4 is 14.5 Å². The fourth-order valence-corrected chi connectivity index (χ4v) is 4.41. The summed E-state index contributed by atoms with van der Waals surface area (Å²) in [6.45, 7) is 1.77. The third kappa shape index (κ3) is 6.24. The van der Waals surface area contributed by atoms with E-state index in [2.05, 4.69) is 10.5 Å². The Balaban J connectivity index is 1.85. The average Bonchev–Trinajstić information content (AvgIpc) is 2.80. The van der Waals surface area contributed by atoms with E-state index in [0.717, 1.165) is 4.31 Å². The molecule has 0 spiro atoms. The lowest BCUT2D eigenvalue weighted by Crippen LogP contribution is -2.39. The molecule has 172 valence electrons. The Morgan fingerprint density at radius 2 is 1.76 bits per heavy atom. The maximum atomic E-state index is 13.3. The number of para-hydroxylation sites is 1. The van der Waals surface area contributed by atoms with Gasteiger partial charge in [-0.3, -0.25) is 9.10 Å². The summed E-state index contributed by atoms with van der Waals surface area (Å²) in [6, 6.07) is 18.5. The smallest absolute Gasteiger partial charge is 0.264 e. The molecule has 0 aliphatic carbocycles. The predicted molar refractivity (Wildman–Crippen MR) is 127 cm³/mol. The van der Waals surface area contributed by atoms with E-state index >= 15 is 0 Å². The van der Waals surface area contributed by atoms with Crippen LogP contribution in [0.15, 0.2) is 82.8 Å². The van der Waals surface area contributed by atoms with Gasteiger partial charge in [-0.1, -0.05) is 23.7 Å². The number of benzene rings is 3. The van der Waals surface area contributed by atoms with Crippen molar-refractivity contribution in [1.82, 2.24) is 5.43 Å². The Morgan fingerprint density at radius 3 is 2.39 bits per heavy atom. The van der Waals surface area contributed by atoms with Gasteiger partial charge in [-0.05, 0) is 67.6 Å². The molecule has 0 atom stereocenters. The van der Waals surface area contributed by atoms with Gasteiger partial charge in [0.2, 0.25) is 0 Å². The molecule has 1 amide bonds. The van der Waals surface area contributed by atoms with Crippen molar-refractivity contribution < 1.29 is 23.1 Å². The summed E-state index contributed by atoms with van der Waals surface area (Å²) in [6.07, 6.45) is 1.27. The summed E-state index contributed by atoms with van der Waals surface area (Å²) >= 11 is 5.89. The van der Waals surface area contributed by atoms with Crippen LogP contribution in [0.25, 0.3) is 0 Å². The van der Waals surface area contributed by atoms with Gasteiger partial charge in [0.1, 0.15) is 18.0 Å². The molecule has 0 unspecified atom stereocenters. The Bertz CT molecular complexity index is 1230. The van der Waals surface area contributed by atoms with Gasteiger partial charge in [-0.25, -0.2) is 13.8 Å². The van der Waals surface area contributed by atoms with Crippen molar-refractivity contribution >= 4 is 39.4 Å². The largest absolute Gasteiger partial charge is 0.507 e. The molecule has 3 rings (SSSR count). The van der Waals surface area contributed by atoms with Crippen LogP contribution >= 0.6 is 11.6 Å². The number of phenols is 1. The molecule has 3 aromatic rings. The highest BCUT2D eigenvalue weighted by atomic mass is 35.5. The van der Waals surface area contributed by atoms with E-state index in [9.17, 15) is 18.3 Å². The topological polar surface area (TPSA) is 108 Å². The Hall–Kier alpha value is -3.56. The van der Waals surface area contributed by atoms with Gasteiger partial charge >= 0.3 is 0 Å². The van der Waals surface area contributed by atoms with Crippen LogP contribution in [0.2, 0.25) is 5.02 Å². The van der Waals surface area contributed by atoms with Crippen LogP contribution in [-0.4, -0.2) is 38.8 Å². The highest BCUT2D eigenvalue weighted by Gasteiger charge is 2.27. The SMILES string of the molecule is CCOc1ccc(N(CC(=O)N/N=C\c2ccccc2O)S(=O)(=O)c2ccc(Cl)cc2)cc1. The van der Waals surface area contributed by atoms with E-state index in [1.54, 1.807) is 42.5 Å². The molecule has 0 aliphatic heterocycles. The zero-order valence-corrected chi connectivity index (χ0v) is 19.3. The molecule has 0 bridgehead atoms. The quantitative estimate of drug-likeness (QED) is 0.352. The molecule has 0 aromatic heterocycles. The van der Waals surface area contributed by atoms with E-state index in [4.69, 9.17) is 16.3 Å². The second-order valence-electron chi connectivity index (χ2n) is 6.74. The molecule has 0 fully saturated rings. The monoisotopic (exact) mass is 487 g/mol. The number of nitrogens with one attached hydrogen (secondary N) is 1. The minimum absolute atomic E-state index is 0.00294. The molecule has 0 aliphatic rings. The number of halogens is 1. The van der Waals surface area contributed by atoms with E-state index < -0.39 is 22.5 Å². The summed E-state index contributed by atoms with van der Waals surface area (Å²) in [7, 11) is -4.09. The molecule has 0 saturated heterocycles. The van der Waals surface area contributed by atoms with Crippen LogP contribution in [0.5, 0.6) is 11.5 Å². The molecule has 33 heavy (non-hydrogen) atoms. The maximum absolute atomic E-state index is 13.3. The van der Waals surface area contributed by atoms with Gasteiger partial charge in [0.15, 0.2) is 0 Å². The fraction of sp³-hybridized carbons (Fsp3) is 0.130. The number of carbonyl (C=O) groups is 1. The van der Waals surface area contributed by atoms with Crippen LogP contribution in [-0.2, 0) is 14.8 Å². The van der Waals surface area contributed by atoms with Gasteiger partial charge in [0.05, 0.1) is 23.4 Å². The number of hydrogen-bond acceptors (Lipinski definition) is 6. The van der Waals surface area contributed by atoms with Gasteiger partial charge in [-0.15, -0.1) is 0 Å². The Kier molecular flexibility index (Phi) is 7.92. The Labute approximate surface area is 197 Å². The zero-order valence-electron chi connectivity index (χ0n) is 17.7. The number of sulfonamides is 1. The minimum atomic E-state index is -4.09. The van der Waals surface area contributed by atoms with E-state index in [1.165, 1.54) is 36.5 Å². The number of phenolic OH excluding ortho intramolecular Hbond substituents is 1. The third-order valence-electron chi connectivity index (χ3n) is 4.45. The third-order valence-corrected chi connectivity index (χ3v) is 6.49. The van der Waals surface area contributed by atoms with Crippen molar-refractivity contribution in [3.05, 3.63) is 83.4 Å². The van der Waals surface area contributed by atoms with Crippen LogP contribution in [0.3, 0.4) is 0 Å². The molecule has 3 aromatic carbocycles. The van der Waals surface area contributed by atoms with E-state index in [0.29, 0.717) is 22.9 Å². The normalized spacial score (nSPS) is 11.3. The minimum Gasteiger partial charge on any atom is -0.507 e. The second kappa shape index (κ2) is 10.8. The first kappa shape index (κ1) is 24.1. The first-order valence-electron chi connectivity index (χ1n) is 9.92. The summed E-state index contributed by atoms with van der Waals surface area (Å²) in [5.41, 5.74) is 2.96. The first-order chi connectivity index (χ1) is 15.8. The number of rotatable bonds is 9. The van der Waals surface area contributed by atoms with Gasteiger partial charge < -0.3 is 9.84 Å². The van der Waals surface area contributed by atoms with Crippen LogP contribution in [0.1, 0.15) is 12.5 Å². The van der Waals surface area contributed by atoms with Crippen molar-refractivity contribution in [1.29, 1.82) is 0 Å². The number of hydrogen-bond donors (Lipinski definition) is 2. The molecule has 0 saturated carbocycles. The van der Waals surface area contributed by atoms with Crippen molar-refractivity contribution in [3.8, 4) is 11.5 Å². The van der Waals surface area contributed by atoms with Gasteiger partial charge in [0.25, 0.3) is 15.9 Å². The number of aromatic hydroxyl groups is 1. The van der Waals surface area contributed by atoms with E-state index in [1.807, 2.05) is 6.92 Å². The van der Waals surface area contributed by atoms with Crippen molar-refractivity contribution in [2.45, 2.75) is 11.8 Å².